The predicted molar refractivity (Wildman–Crippen MR) is 103 cm³/mol. The van der Waals surface area contributed by atoms with Crippen LogP contribution in [0.2, 0.25) is 0 Å². The van der Waals surface area contributed by atoms with Crippen molar-refractivity contribution in [2.24, 2.45) is 0 Å². The minimum Gasteiger partial charge on any atom is -0.297 e. The second-order valence-corrected chi connectivity index (χ2v) is 8.22. The summed E-state index contributed by atoms with van der Waals surface area (Å²) in [6.45, 7) is 4.81. The average Bonchev–Trinajstić information content (AvgIpc) is 3.21. The molecule has 0 spiro atoms. The summed E-state index contributed by atoms with van der Waals surface area (Å²) < 4.78 is 0. The molecule has 2 aromatic heterocycles. The minimum atomic E-state index is -0.0558. The molecule has 0 fully saturated rings. The number of thiazole rings is 1. The molecular weight excluding hydrogens is 350 g/mol. The Morgan fingerprint density at radius 2 is 2.12 bits per heavy atom. The van der Waals surface area contributed by atoms with E-state index < -0.39 is 0 Å². The SMILES string of the molecule is Cc1ccsc1C(=O)Nc1nc2c(s1)CN(Cc1ccccc1)CC2. The first-order valence-corrected chi connectivity index (χ1v) is 9.99. The molecule has 1 N–H and O–H groups in total. The van der Waals surface area contributed by atoms with Gasteiger partial charge in [0.15, 0.2) is 5.13 Å². The van der Waals surface area contributed by atoms with Gasteiger partial charge in [0.25, 0.3) is 5.91 Å². The average molecular weight is 370 g/mol. The summed E-state index contributed by atoms with van der Waals surface area (Å²) in [5.41, 5.74) is 3.47. The Balaban J connectivity index is 1.44. The quantitative estimate of drug-likeness (QED) is 0.745. The summed E-state index contributed by atoms with van der Waals surface area (Å²) in [5, 5.41) is 5.62. The van der Waals surface area contributed by atoms with Gasteiger partial charge < -0.3 is 0 Å². The molecule has 1 aliphatic rings. The lowest BCUT2D eigenvalue weighted by Crippen LogP contribution is -2.29. The van der Waals surface area contributed by atoms with E-state index in [1.807, 2.05) is 24.4 Å². The van der Waals surface area contributed by atoms with Crippen molar-refractivity contribution < 1.29 is 4.79 Å². The Labute approximate surface area is 155 Å². The Morgan fingerprint density at radius 1 is 1.28 bits per heavy atom. The molecule has 128 valence electrons. The van der Waals surface area contributed by atoms with Gasteiger partial charge in [-0.25, -0.2) is 4.98 Å². The fourth-order valence-corrected chi connectivity index (χ4v) is 4.90. The van der Waals surface area contributed by atoms with E-state index in [-0.39, 0.29) is 5.91 Å². The number of anilines is 1. The number of fused-ring (bicyclic) bond motifs is 1. The van der Waals surface area contributed by atoms with Crippen LogP contribution in [0.3, 0.4) is 0 Å². The second-order valence-electron chi connectivity index (χ2n) is 6.22. The molecule has 1 amide bonds. The zero-order valence-electron chi connectivity index (χ0n) is 14.0. The summed E-state index contributed by atoms with van der Waals surface area (Å²) in [7, 11) is 0. The maximum absolute atomic E-state index is 12.4. The summed E-state index contributed by atoms with van der Waals surface area (Å²) in [5.74, 6) is -0.0558. The van der Waals surface area contributed by atoms with E-state index in [0.29, 0.717) is 5.13 Å². The molecule has 0 unspecified atom stereocenters. The molecule has 4 nitrogen and oxygen atoms in total. The van der Waals surface area contributed by atoms with Crippen molar-refractivity contribution in [3.63, 3.8) is 0 Å². The van der Waals surface area contributed by atoms with Crippen LogP contribution in [0, 0.1) is 6.92 Å². The lowest BCUT2D eigenvalue weighted by atomic mass is 10.1. The highest BCUT2D eigenvalue weighted by molar-refractivity contribution is 7.16. The molecule has 0 saturated carbocycles. The number of carbonyl (C=O) groups is 1. The van der Waals surface area contributed by atoms with Crippen molar-refractivity contribution in [2.75, 3.05) is 11.9 Å². The minimum absolute atomic E-state index is 0.0558. The number of hydrogen-bond donors (Lipinski definition) is 1. The lowest BCUT2D eigenvalue weighted by Gasteiger charge is -2.25. The standard InChI is InChI=1S/C19H19N3OS2/c1-13-8-10-24-17(13)18(23)21-19-20-15-7-9-22(12-16(15)25-19)11-14-5-3-2-4-6-14/h2-6,8,10H,7,9,11-12H2,1H3,(H,20,21,23). The first kappa shape index (κ1) is 16.4. The van der Waals surface area contributed by atoms with Crippen molar-refractivity contribution >= 4 is 33.7 Å². The van der Waals surface area contributed by atoms with Gasteiger partial charge in [0, 0.05) is 30.9 Å². The van der Waals surface area contributed by atoms with E-state index >= 15 is 0 Å². The molecule has 1 aromatic carbocycles. The van der Waals surface area contributed by atoms with Crippen LogP contribution in [0.15, 0.2) is 41.8 Å². The first-order valence-electron chi connectivity index (χ1n) is 8.29. The fourth-order valence-electron chi connectivity index (χ4n) is 3.04. The molecular formula is C19H19N3OS2. The first-order chi connectivity index (χ1) is 12.2. The van der Waals surface area contributed by atoms with Gasteiger partial charge >= 0.3 is 0 Å². The van der Waals surface area contributed by atoms with Gasteiger partial charge in [-0.2, -0.15) is 0 Å². The monoisotopic (exact) mass is 369 g/mol. The Bertz CT molecular complexity index is 885. The zero-order chi connectivity index (χ0) is 17.2. The second kappa shape index (κ2) is 7.07. The van der Waals surface area contributed by atoms with Gasteiger partial charge in [-0.15, -0.1) is 22.7 Å². The van der Waals surface area contributed by atoms with E-state index in [1.165, 1.54) is 21.8 Å². The molecule has 6 heteroatoms. The smallest absolute Gasteiger partial charge is 0.267 e. The number of carbonyl (C=O) groups excluding carboxylic acids is 1. The number of hydrogen-bond acceptors (Lipinski definition) is 5. The fraction of sp³-hybridized carbons (Fsp3) is 0.263. The summed E-state index contributed by atoms with van der Waals surface area (Å²) in [6.07, 6.45) is 0.937. The van der Waals surface area contributed by atoms with Crippen LogP contribution in [0.1, 0.15) is 31.4 Å². The summed E-state index contributed by atoms with van der Waals surface area (Å²) >= 11 is 3.07. The third kappa shape index (κ3) is 3.66. The van der Waals surface area contributed by atoms with E-state index in [4.69, 9.17) is 0 Å². The van der Waals surface area contributed by atoms with Crippen molar-refractivity contribution in [3.05, 3.63) is 68.4 Å². The van der Waals surface area contributed by atoms with E-state index in [0.717, 1.165) is 42.2 Å². The van der Waals surface area contributed by atoms with E-state index in [1.54, 1.807) is 11.3 Å². The number of amides is 1. The normalized spacial score (nSPS) is 14.3. The number of rotatable bonds is 4. The molecule has 4 rings (SSSR count). The third-order valence-electron chi connectivity index (χ3n) is 4.35. The van der Waals surface area contributed by atoms with Crippen LogP contribution in [0.5, 0.6) is 0 Å². The zero-order valence-corrected chi connectivity index (χ0v) is 15.6. The Hall–Kier alpha value is -2.02. The molecule has 0 aliphatic carbocycles. The number of thiophene rings is 1. The highest BCUT2D eigenvalue weighted by Crippen LogP contribution is 2.29. The number of aryl methyl sites for hydroxylation is 1. The number of benzene rings is 1. The largest absolute Gasteiger partial charge is 0.297 e. The molecule has 3 heterocycles. The van der Waals surface area contributed by atoms with Gasteiger partial charge in [0.05, 0.1) is 10.6 Å². The van der Waals surface area contributed by atoms with Gasteiger partial charge in [0.2, 0.25) is 0 Å². The molecule has 0 atom stereocenters. The van der Waals surface area contributed by atoms with E-state index in [2.05, 4.69) is 39.5 Å². The van der Waals surface area contributed by atoms with Gasteiger partial charge in [-0.05, 0) is 29.5 Å². The van der Waals surface area contributed by atoms with Crippen LogP contribution < -0.4 is 5.32 Å². The Morgan fingerprint density at radius 3 is 2.88 bits per heavy atom. The lowest BCUT2D eigenvalue weighted by molar-refractivity contribution is 0.103. The summed E-state index contributed by atoms with van der Waals surface area (Å²) in [4.78, 5) is 21.5. The van der Waals surface area contributed by atoms with Crippen LogP contribution in [-0.2, 0) is 19.5 Å². The van der Waals surface area contributed by atoms with Crippen LogP contribution in [0.4, 0.5) is 5.13 Å². The van der Waals surface area contributed by atoms with Gasteiger partial charge in [0.1, 0.15) is 0 Å². The number of nitrogens with zero attached hydrogens (tertiary/aromatic N) is 2. The third-order valence-corrected chi connectivity index (χ3v) is 6.36. The van der Waals surface area contributed by atoms with Crippen LogP contribution in [-0.4, -0.2) is 22.3 Å². The van der Waals surface area contributed by atoms with Crippen molar-refractivity contribution in [1.29, 1.82) is 0 Å². The van der Waals surface area contributed by atoms with Crippen molar-refractivity contribution in [2.45, 2.75) is 26.4 Å². The topological polar surface area (TPSA) is 45.2 Å². The highest BCUT2D eigenvalue weighted by Gasteiger charge is 2.22. The molecule has 0 radical (unpaired) electrons. The van der Waals surface area contributed by atoms with Crippen LogP contribution >= 0.6 is 22.7 Å². The van der Waals surface area contributed by atoms with Gasteiger partial charge in [-0.1, -0.05) is 30.3 Å². The van der Waals surface area contributed by atoms with E-state index in [9.17, 15) is 4.79 Å². The van der Waals surface area contributed by atoms with Gasteiger partial charge in [-0.3, -0.25) is 15.0 Å². The molecule has 3 aromatic rings. The molecule has 0 saturated heterocycles. The maximum Gasteiger partial charge on any atom is 0.267 e. The van der Waals surface area contributed by atoms with Crippen molar-refractivity contribution in [3.8, 4) is 0 Å². The van der Waals surface area contributed by atoms with Crippen molar-refractivity contribution in [1.82, 2.24) is 9.88 Å². The maximum atomic E-state index is 12.4. The highest BCUT2D eigenvalue weighted by atomic mass is 32.1. The van der Waals surface area contributed by atoms with Crippen LogP contribution in [0.25, 0.3) is 0 Å². The Kier molecular flexibility index (Phi) is 4.65. The number of aromatic nitrogens is 1. The number of nitrogens with one attached hydrogen (secondary N) is 1. The summed E-state index contributed by atoms with van der Waals surface area (Å²) in [6, 6.07) is 12.5. The predicted octanol–water partition coefficient (Wildman–Crippen LogP) is 4.32. The molecule has 1 aliphatic heterocycles. The molecule has 0 bridgehead atoms. The molecule has 25 heavy (non-hydrogen) atoms.